The minimum absolute atomic E-state index is 0.125. The molecule has 2 aromatic rings. The van der Waals surface area contributed by atoms with Crippen LogP contribution in [0.1, 0.15) is 9.67 Å². The number of hydrogen-bond donors (Lipinski definition) is 1. The molecule has 0 aliphatic carbocycles. The molecule has 0 spiro atoms. The SMILES string of the molecule is C=CCN(CC=C)C(=O)c1sc2cccc(Cl)c2c1N. The molecule has 0 radical (unpaired) electrons. The summed E-state index contributed by atoms with van der Waals surface area (Å²) in [6.07, 6.45) is 3.36. The third-order valence-electron chi connectivity index (χ3n) is 2.88. The summed E-state index contributed by atoms with van der Waals surface area (Å²) < 4.78 is 0.913. The van der Waals surface area contributed by atoms with Crippen molar-refractivity contribution in [2.24, 2.45) is 0 Å². The third-order valence-corrected chi connectivity index (χ3v) is 4.36. The average molecular weight is 307 g/mol. The van der Waals surface area contributed by atoms with E-state index in [9.17, 15) is 4.79 Å². The van der Waals surface area contributed by atoms with Gasteiger partial charge in [0.1, 0.15) is 4.88 Å². The number of carbonyl (C=O) groups is 1. The zero-order valence-corrected chi connectivity index (χ0v) is 12.5. The van der Waals surface area contributed by atoms with Crippen LogP contribution in [0.15, 0.2) is 43.5 Å². The van der Waals surface area contributed by atoms with Gasteiger partial charge in [-0.05, 0) is 12.1 Å². The number of nitrogens with zero attached hydrogens (tertiary/aromatic N) is 1. The van der Waals surface area contributed by atoms with E-state index in [0.717, 1.165) is 10.1 Å². The Morgan fingerprint density at radius 1 is 1.35 bits per heavy atom. The van der Waals surface area contributed by atoms with Gasteiger partial charge in [-0.1, -0.05) is 29.8 Å². The molecule has 0 saturated carbocycles. The van der Waals surface area contributed by atoms with Crippen molar-refractivity contribution < 1.29 is 4.79 Å². The summed E-state index contributed by atoms with van der Waals surface area (Å²) in [6.45, 7) is 8.22. The molecule has 1 aromatic heterocycles. The first-order valence-corrected chi connectivity index (χ1v) is 7.27. The van der Waals surface area contributed by atoms with Crippen molar-refractivity contribution in [3.8, 4) is 0 Å². The number of halogens is 1. The summed E-state index contributed by atoms with van der Waals surface area (Å²) >= 11 is 7.51. The number of rotatable bonds is 5. The van der Waals surface area contributed by atoms with Crippen LogP contribution in [-0.2, 0) is 0 Å². The Balaban J connectivity index is 2.49. The van der Waals surface area contributed by atoms with Crippen LogP contribution in [0.25, 0.3) is 10.1 Å². The molecule has 0 aliphatic rings. The van der Waals surface area contributed by atoms with Crippen molar-refractivity contribution in [3.05, 3.63) is 53.4 Å². The monoisotopic (exact) mass is 306 g/mol. The maximum atomic E-state index is 12.5. The first-order chi connectivity index (χ1) is 9.60. The Morgan fingerprint density at radius 2 is 2.00 bits per heavy atom. The predicted octanol–water partition coefficient (Wildman–Crippen LogP) is 3.95. The van der Waals surface area contributed by atoms with Gasteiger partial charge in [0.15, 0.2) is 0 Å². The van der Waals surface area contributed by atoms with E-state index in [-0.39, 0.29) is 5.91 Å². The Bertz CT molecular complexity index is 668. The van der Waals surface area contributed by atoms with E-state index in [1.54, 1.807) is 23.1 Å². The highest BCUT2D eigenvalue weighted by molar-refractivity contribution is 7.21. The number of nitrogen functional groups attached to an aromatic ring is 1. The topological polar surface area (TPSA) is 46.3 Å². The van der Waals surface area contributed by atoms with Crippen molar-refractivity contribution in [1.29, 1.82) is 0 Å². The molecule has 0 unspecified atom stereocenters. The van der Waals surface area contributed by atoms with Gasteiger partial charge in [-0.3, -0.25) is 4.79 Å². The average Bonchev–Trinajstić information content (AvgIpc) is 2.76. The van der Waals surface area contributed by atoms with E-state index < -0.39 is 0 Å². The Hall–Kier alpha value is -1.78. The summed E-state index contributed by atoms with van der Waals surface area (Å²) in [4.78, 5) is 14.7. The summed E-state index contributed by atoms with van der Waals surface area (Å²) in [5, 5.41) is 1.31. The van der Waals surface area contributed by atoms with Crippen LogP contribution in [0, 0.1) is 0 Å². The highest BCUT2D eigenvalue weighted by atomic mass is 35.5. The second-order valence-electron chi connectivity index (χ2n) is 4.25. The summed E-state index contributed by atoms with van der Waals surface area (Å²) in [6, 6.07) is 5.52. The number of fused-ring (bicyclic) bond motifs is 1. The van der Waals surface area contributed by atoms with Gasteiger partial charge >= 0.3 is 0 Å². The van der Waals surface area contributed by atoms with Crippen LogP contribution in [0.5, 0.6) is 0 Å². The second-order valence-corrected chi connectivity index (χ2v) is 5.70. The smallest absolute Gasteiger partial charge is 0.266 e. The highest BCUT2D eigenvalue weighted by Gasteiger charge is 2.21. The molecule has 1 amide bonds. The molecule has 2 rings (SSSR count). The third kappa shape index (κ3) is 2.57. The number of anilines is 1. The second kappa shape index (κ2) is 6.11. The summed E-state index contributed by atoms with van der Waals surface area (Å²) in [7, 11) is 0. The Kier molecular flexibility index (Phi) is 4.47. The number of benzene rings is 1. The maximum absolute atomic E-state index is 12.5. The lowest BCUT2D eigenvalue weighted by atomic mass is 10.2. The zero-order chi connectivity index (χ0) is 14.7. The number of nitrogens with two attached hydrogens (primary N) is 1. The first kappa shape index (κ1) is 14.6. The Labute approximate surface area is 126 Å². The van der Waals surface area contributed by atoms with Gasteiger partial charge in [0, 0.05) is 23.2 Å². The molecule has 0 bridgehead atoms. The summed E-state index contributed by atoms with van der Waals surface area (Å²) in [5.41, 5.74) is 6.54. The van der Waals surface area contributed by atoms with Gasteiger partial charge in [0.05, 0.1) is 10.7 Å². The molecule has 5 heteroatoms. The van der Waals surface area contributed by atoms with Gasteiger partial charge in [0.2, 0.25) is 0 Å². The highest BCUT2D eigenvalue weighted by Crippen LogP contribution is 2.38. The fraction of sp³-hybridized carbons (Fsp3) is 0.133. The van der Waals surface area contributed by atoms with Crippen molar-refractivity contribution in [3.63, 3.8) is 0 Å². The minimum Gasteiger partial charge on any atom is -0.397 e. The fourth-order valence-electron chi connectivity index (χ4n) is 1.98. The van der Waals surface area contributed by atoms with E-state index >= 15 is 0 Å². The minimum atomic E-state index is -0.125. The van der Waals surface area contributed by atoms with Crippen LogP contribution in [-0.4, -0.2) is 23.9 Å². The zero-order valence-electron chi connectivity index (χ0n) is 10.9. The van der Waals surface area contributed by atoms with E-state index in [1.165, 1.54) is 11.3 Å². The first-order valence-electron chi connectivity index (χ1n) is 6.07. The number of thiophene rings is 1. The van der Waals surface area contributed by atoms with Crippen LogP contribution >= 0.6 is 22.9 Å². The van der Waals surface area contributed by atoms with E-state index in [1.807, 2.05) is 12.1 Å². The molecule has 1 aromatic carbocycles. The van der Waals surface area contributed by atoms with Gasteiger partial charge in [0.25, 0.3) is 5.91 Å². The van der Waals surface area contributed by atoms with Gasteiger partial charge in [-0.25, -0.2) is 0 Å². The Morgan fingerprint density at radius 3 is 2.55 bits per heavy atom. The molecule has 0 saturated heterocycles. The molecule has 104 valence electrons. The standard InChI is InChI=1S/C15H15ClN2OS/c1-3-8-18(9-4-2)15(19)14-13(17)12-10(16)6-5-7-11(12)20-14/h3-7H,1-2,8-9,17H2. The normalized spacial score (nSPS) is 10.4. The van der Waals surface area contributed by atoms with Gasteiger partial charge < -0.3 is 10.6 Å². The quantitative estimate of drug-likeness (QED) is 0.850. The molecular weight excluding hydrogens is 292 g/mol. The molecule has 0 fully saturated rings. The van der Waals surface area contributed by atoms with E-state index in [2.05, 4.69) is 13.2 Å². The van der Waals surface area contributed by atoms with Crippen LogP contribution in [0.4, 0.5) is 5.69 Å². The van der Waals surface area contributed by atoms with Crippen LogP contribution in [0.2, 0.25) is 5.02 Å². The van der Waals surface area contributed by atoms with Crippen LogP contribution in [0.3, 0.4) is 0 Å². The molecule has 0 aliphatic heterocycles. The van der Waals surface area contributed by atoms with E-state index in [0.29, 0.717) is 28.7 Å². The van der Waals surface area contributed by atoms with Crippen molar-refractivity contribution in [1.82, 2.24) is 4.90 Å². The molecule has 20 heavy (non-hydrogen) atoms. The maximum Gasteiger partial charge on any atom is 0.266 e. The van der Waals surface area contributed by atoms with Crippen LogP contribution < -0.4 is 5.73 Å². The molecule has 1 heterocycles. The van der Waals surface area contributed by atoms with Crippen molar-refractivity contribution in [2.45, 2.75) is 0 Å². The van der Waals surface area contributed by atoms with Gasteiger partial charge in [-0.15, -0.1) is 24.5 Å². The van der Waals surface area contributed by atoms with E-state index in [4.69, 9.17) is 17.3 Å². The van der Waals surface area contributed by atoms with Crippen molar-refractivity contribution in [2.75, 3.05) is 18.8 Å². The molecule has 0 atom stereocenters. The lowest BCUT2D eigenvalue weighted by molar-refractivity contribution is 0.0796. The number of hydrogen-bond acceptors (Lipinski definition) is 3. The molecule has 2 N–H and O–H groups in total. The summed E-state index contributed by atoms with van der Waals surface area (Å²) in [5.74, 6) is -0.125. The largest absolute Gasteiger partial charge is 0.397 e. The lowest BCUT2D eigenvalue weighted by Gasteiger charge is -2.18. The van der Waals surface area contributed by atoms with Crippen molar-refractivity contribution >= 4 is 44.6 Å². The number of amides is 1. The molecular formula is C15H15ClN2OS. The van der Waals surface area contributed by atoms with Gasteiger partial charge in [-0.2, -0.15) is 0 Å². The molecule has 3 nitrogen and oxygen atoms in total. The number of carbonyl (C=O) groups excluding carboxylic acids is 1. The lowest BCUT2D eigenvalue weighted by Crippen LogP contribution is -2.31. The predicted molar refractivity (Wildman–Crippen MR) is 87.5 cm³/mol. The fourth-order valence-corrected chi connectivity index (χ4v) is 3.43.